The van der Waals surface area contributed by atoms with Crippen molar-refractivity contribution in [3.8, 4) is 16.9 Å². The van der Waals surface area contributed by atoms with E-state index in [-0.39, 0.29) is 31.2 Å². The molecule has 246 valence electrons. The molecule has 4 N–H and O–H groups in total. The quantitative estimate of drug-likeness (QED) is 0.128. The molecule has 1 aliphatic rings. The van der Waals surface area contributed by atoms with Crippen molar-refractivity contribution in [2.24, 2.45) is 0 Å². The monoisotopic (exact) mass is 638 g/mol. The van der Waals surface area contributed by atoms with Gasteiger partial charge in [-0.25, -0.2) is 4.79 Å². The number of rotatable bonds is 13. The summed E-state index contributed by atoms with van der Waals surface area (Å²) in [4.78, 5) is 13.8. The van der Waals surface area contributed by atoms with Gasteiger partial charge in [-0.05, 0) is 58.6 Å². The number of ether oxygens (including phenoxy) is 3. The molecular formula is C38H42N2O7. The molecule has 4 aromatic carbocycles. The minimum Gasteiger partial charge on any atom is -0.508 e. The predicted molar refractivity (Wildman–Crippen MR) is 179 cm³/mol. The van der Waals surface area contributed by atoms with Crippen LogP contribution in [0.1, 0.15) is 52.7 Å². The van der Waals surface area contributed by atoms with Gasteiger partial charge in [-0.1, -0.05) is 91.5 Å². The maximum absolute atomic E-state index is 11.8. The minimum atomic E-state index is -0.766. The number of phenolic OH excluding ortho intramolecular Hbond substituents is 1. The van der Waals surface area contributed by atoms with E-state index < -0.39 is 18.5 Å². The zero-order chi connectivity index (χ0) is 33.2. The third kappa shape index (κ3) is 9.51. The highest BCUT2D eigenvalue weighted by Crippen LogP contribution is 2.38. The first-order valence-corrected chi connectivity index (χ1v) is 15.7. The number of benzene rings is 4. The number of aromatic hydroxyl groups is 1. The van der Waals surface area contributed by atoms with Gasteiger partial charge in [0.1, 0.15) is 12.4 Å². The van der Waals surface area contributed by atoms with Crippen molar-refractivity contribution in [3.05, 3.63) is 138 Å². The van der Waals surface area contributed by atoms with Crippen molar-refractivity contribution in [3.63, 3.8) is 0 Å². The van der Waals surface area contributed by atoms with Crippen LogP contribution in [0.2, 0.25) is 0 Å². The third-order valence-electron chi connectivity index (χ3n) is 8.08. The maximum Gasteiger partial charge on any atom is 0.407 e. The van der Waals surface area contributed by atoms with E-state index in [1.54, 1.807) is 24.3 Å². The van der Waals surface area contributed by atoms with Crippen LogP contribution >= 0.6 is 0 Å². The van der Waals surface area contributed by atoms with Crippen molar-refractivity contribution < 1.29 is 34.3 Å². The Labute approximate surface area is 275 Å². The summed E-state index contributed by atoms with van der Waals surface area (Å²) < 4.78 is 18.0. The summed E-state index contributed by atoms with van der Waals surface area (Å²) in [5, 5.41) is 32.9. The third-order valence-corrected chi connectivity index (χ3v) is 8.08. The number of phenols is 1. The van der Waals surface area contributed by atoms with Crippen molar-refractivity contribution >= 4 is 6.09 Å². The van der Waals surface area contributed by atoms with E-state index in [1.165, 1.54) is 6.08 Å². The molecule has 1 saturated heterocycles. The Bertz CT molecular complexity index is 1610. The number of aliphatic hydroxyl groups excluding tert-OH is 2. The summed E-state index contributed by atoms with van der Waals surface area (Å²) in [5.74, 6) is 0.118. The average molecular weight is 639 g/mol. The first kappa shape index (κ1) is 33.8. The van der Waals surface area contributed by atoms with Crippen LogP contribution in [0, 0.1) is 0 Å². The van der Waals surface area contributed by atoms with Crippen LogP contribution < -0.4 is 5.32 Å². The lowest BCUT2D eigenvalue weighted by Crippen LogP contribution is -2.39. The molecular weight excluding hydrogens is 596 g/mol. The SMILES string of the molecule is C=CCOC(=O)NCc1cccc(-c2ccc([C@H]3O[C@@H](CN(C)C[C@@H](O)c4cccc(O)c4)C[C@@H](c4ccc(CO)cc4)O3)cc2)c1. The molecule has 0 unspecified atom stereocenters. The number of hydrogen-bond acceptors (Lipinski definition) is 8. The van der Waals surface area contributed by atoms with Gasteiger partial charge in [-0.3, -0.25) is 0 Å². The molecule has 0 spiro atoms. The molecule has 9 nitrogen and oxygen atoms in total. The van der Waals surface area contributed by atoms with E-state index in [1.807, 2.05) is 84.7 Å². The summed E-state index contributed by atoms with van der Waals surface area (Å²) in [6, 6.07) is 30.4. The lowest BCUT2D eigenvalue weighted by atomic mass is 9.99. The molecule has 1 aliphatic heterocycles. The first-order chi connectivity index (χ1) is 22.8. The van der Waals surface area contributed by atoms with Gasteiger partial charge < -0.3 is 39.7 Å². The number of carbonyl (C=O) groups is 1. The standard InChI is InChI=1S/C38H42N2O7/c1-3-18-45-38(44)39-22-27-6-4-7-31(19-27)28-14-16-30(17-15-28)37-46-34(21-36(47-37)29-12-10-26(25-41)11-13-29)23-40(2)24-35(43)32-8-5-9-33(42)20-32/h3-17,19-20,34-37,41-43H,1,18,21-25H2,2H3,(H,39,44)/t34-,35-,36+,37+/m1/s1. The van der Waals surface area contributed by atoms with Gasteiger partial charge >= 0.3 is 6.09 Å². The summed E-state index contributed by atoms with van der Waals surface area (Å²) in [6.07, 6.45) is -0.177. The number of nitrogens with one attached hydrogen (secondary N) is 1. The lowest BCUT2D eigenvalue weighted by Gasteiger charge is -2.38. The molecule has 1 heterocycles. The van der Waals surface area contributed by atoms with E-state index in [9.17, 15) is 20.1 Å². The smallest absolute Gasteiger partial charge is 0.407 e. The molecule has 5 rings (SSSR count). The molecule has 0 aromatic heterocycles. The second kappa shape index (κ2) is 16.4. The van der Waals surface area contributed by atoms with Gasteiger partial charge in [0, 0.05) is 31.6 Å². The van der Waals surface area contributed by atoms with E-state index in [2.05, 4.69) is 11.9 Å². The number of hydrogen-bond donors (Lipinski definition) is 4. The number of alkyl carbamates (subject to hydrolysis) is 1. The van der Waals surface area contributed by atoms with E-state index >= 15 is 0 Å². The molecule has 0 saturated carbocycles. The zero-order valence-corrected chi connectivity index (χ0v) is 26.5. The zero-order valence-electron chi connectivity index (χ0n) is 26.5. The van der Waals surface area contributed by atoms with Crippen LogP contribution in [-0.2, 0) is 27.4 Å². The van der Waals surface area contributed by atoms with Crippen LogP contribution in [0.25, 0.3) is 11.1 Å². The molecule has 47 heavy (non-hydrogen) atoms. The molecule has 0 aliphatic carbocycles. The van der Waals surface area contributed by atoms with Crippen LogP contribution in [0.4, 0.5) is 4.79 Å². The Morgan fingerprint density at radius 1 is 0.979 bits per heavy atom. The molecule has 9 heteroatoms. The first-order valence-electron chi connectivity index (χ1n) is 15.7. The van der Waals surface area contributed by atoms with Crippen molar-refractivity contribution in [1.29, 1.82) is 0 Å². The minimum absolute atomic E-state index is 0.0273. The normalized spacial score (nSPS) is 18.4. The van der Waals surface area contributed by atoms with Crippen LogP contribution in [0.5, 0.6) is 5.75 Å². The summed E-state index contributed by atoms with van der Waals surface area (Å²) in [5.41, 5.74) is 6.31. The van der Waals surface area contributed by atoms with Gasteiger partial charge in [-0.2, -0.15) is 0 Å². The van der Waals surface area contributed by atoms with Gasteiger partial charge in [-0.15, -0.1) is 0 Å². The predicted octanol–water partition coefficient (Wildman–Crippen LogP) is 6.17. The average Bonchev–Trinajstić information content (AvgIpc) is 3.10. The highest BCUT2D eigenvalue weighted by Gasteiger charge is 2.33. The summed E-state index contributed by atoms with van der Waals surface area (Å²) in [6.45, 7) is 4.94. The number of carbonyl (C=O) groups excluding carboxylic acids is 1. The molecule has 0 radical (unpaired) electrons. The Balaban J connectivity index is 1.29. The molecule has 1 amide bonds. The van der Waals surface area contributed by atoms with Gasteiger partial charge in [0.15, 0.2) is 6.29 Å². The van der Waals surface area contributed by atoms with Crippen LogP contribution in [0.15, 0.2) is 110 Å². The topological polar surface area (TPSA) is 121 Å². The molecule has 0 bridgehead atoms. The van der Waals surface area contributed by atoms with Crippen molar-refractivity contribution in [2.75, 3.05) is 26.7 Å². The maximum atomic E-state index is 11.8. The van der Waals surface area contributed by atoms with E-state index in [0.717, 1.165) is 33.4 Å². The molecule has 4 aromatic rings. The van der Waals surface area contributed by atoms with E-state index in [4.69, 9.17) is 14.2 Å². The fourth-order valence-electron chi connectivity index (χ4n) is 5.64. The summed E-state index contributed by atoms with van der Waals surface area (Å²) >= 11 is 0. The Morgan fingerprint density at radius 3 is 2.45 bits per heavy atom. The molecule has 1 fully saturated rings. The Hall–Kier alpha value is -4.51. The fraction of sp³-hybridized carbons (Fsp3) is 0.289. The number of aliphatic hydroxyl groups is 2. The Kier molecular flexibility index (Phi) is 11.8. The second-order valence-electron chi connectivity index (χ2n) is 11.7. The number of amides is 1. The van der Waals surface area contributed by atoms with Crippen molar-refractivity contribution in [1.82, 2.24) is 10.2 Å². The fourth-order valence-corrected chi connectivity index (χ4v) is 5.64. The highest BCUT2D eigenvalue weighted by atomic mass is 16.7. The van der Waals surface area contributed by atoms with Gasteiger partial charge in [0.2, 0.25) is 0 Å². The molecule has 4 atom stereocenters. The number of nitrogens with zero attached hydrogens (tertiary/aromatic N) is 1. The van der Waals surface area contributed by atoms with Gasteiger partial charge in [0.25, 0.3) is 0 Å². The Morgan fingerprint density at radius 2 is 1.72 bits per heavy atom. The van der Waals surface area contributed by atoms with E-state index in [0.29, 0.717) is 31.6 Å². The highest BCUT2D eigenvalue weighted by molar-refractivity contribution is 5.68. The van der Waals surface area contributed by atoms with Crippen LogP contribution in [0.3, 0.4) is 0 Å². The second-order valence-corrected chi connectivity index (χ2v) is 11.7. The van der Waals surface area contributed by atoms with Crippen molar-refractivity contribution in [2.45, 2.75) is 44.2 Å². The van der Waals surface area contributed by atoms with Crippen LogP contribution in [-0.4, -0.2) is 59.2 Å². The number of likely N-dealkylation sites (N-methyl/N-ethyl adjacent to an activating group) is 1. The van der Waals surface area contributed by atoms with Gasteiger partial charge in [0.05, 0.1) is 24.9 Å². The lowest BCUT2D eigenvalue weighted by molar-refractivity contribution is -0.252. The summed E-state index contributed by atoms with van der Waals surface area (Å²) in [7, 11) is 1.94. The largest absolute Gasteiger partial charge is 0.508 e.